The molecular weight excluding hydrogens is 394 g/mol. The normalized spacial score (nSPS) is 20.3. The Morgan fingerprint density at radius 1 is 1.19 bits per heavy atom. The zero-order valence-corrected chi connectivity index (χ0v) is 18.1. The Balaban J connectivity index is 1.55. The number of ether oxygens (including phenoxy) is 2. The Kier molecular flexibility index (Phi) is 5.78. The lowest BCUT2D eigenvalue weighted by atomic mass is 10.1. The third kappa shape index (κ3) is 6.69. The molecule has 2 aromatic carbocycles. The van der Waals surface area contributed by atoms with E-state index in [4.69, 9.17) is 17.7 Å². The van der Waals surface area contributed by atoms with Gasteiger partial charge >= 0.3 is 0 Å². The van der Waals surface area contributed by atoms with Crippen LogP contribution in [0, 0.1) is 13.8 Å². The molecule has 0 saturated carbocycles. The van der Waals surface area contributed by atoms with Crippen LogP contribution >= 0.6 is 0 Å². The van der Waals surface area contributed by atoms with Crippen molar-refractivity contribution in [3.63, 3.8) is 0 Å². The first-order chi connectivity index (χ1) is 17.3. The number of nitrogens with one attached hydrogen (secondary N) is 1. The minimum atomic E-state index is -2.73. The molecule has 1 aliphatic heterocycles. The lowest BCUT2D eigenvalue weighted by Gasteiger charge is -2.35. The van der Waals surface area contributed by atoms with Gasteiger partial charge in [-0.15, -0.1) is 0 Å². The van der Waals surface area contributed by atoms with Crippen LogP contribution in [-0.4, -0.2) is 79.8 Å². The highest BCUT2D eigenvalue weighted by Crippen LogP contribution is 2.25. The number of hydrogen-bond donors (Lipinski definition) is 2. The molecule has 1 amide bonds. The number of carbonyl (C=O) groups is 1. The van der Waals surface area contributed by atoms with Gasteiger partial charge in [-0.25, -0.2) is 0 Å². The van der Waals surface area contributed by atoms with Gasteiger partial charge in [0.25, 0.3) is 0 Å². The van der Waals surface area contributed by atoms with Crippen LogP contribution in [0.5, 0.6) is 11.5 Å². The summed E-state index contributed by atoms with van der Waals surface area (Å²) in [5, 5.41) is 13.4. The maximum atomic E-state index is 12.7. The van der Waals surface area contributed by atoms with E-state index in [1.54, 1.807) is 36.9 Å². The number of piperazine rings is 1. The number of para-hydroxylation sites is 3. The molecule has 3 rings (SSSR count). The molecule has 31 heavy (non-hydrogen) atoms. The SMILES string of the molecule is [2H]c1c([2H])c(C)c(NC(=O)CN2CCN(CC([2H])(O)C([2H])([2H])Oc3ccccc3OC)CC2)c(C)c1[2H]. The highest BCUT2D eigenvalue weighted by atomic mass is 16.5. The van der Waals surface area contributed by atoms with E-state index >= 15 is 0 Å². The van der Waals surface area contributed by atoms with Gasteiger partial charge in [0, 0.05) is 38.4 Å². The second-order valence-corrected chi connectivity index (χ2v) is 7.40. The average molecular weight is 434 g/mol. The average Bonchev–Trinajstić information content (AvgIpc) is 2.85. The molecule has 0 spiro atoms. The molecule has 0 bridgehead atoms. The fraction of sp³-hybridized carbons (Fsp3) is 0.458. The van der Waals surface area contributed by atoms with Crippen LogP contribution in [0.15, 0.2) is 42.4 Å². The summed E-state index contributed by atoms with van der Waals surface area (Å²) in [5.74, 6) is 0.0529. The summed E-state index contributed by atoms with van der Waals surface area (Å²) in [6, 6.07) is 6.08. The van der Waals surface area contributed by atoms with E-state index < -0.39 is 12.6 Å². The Hall–Kier alpha value is -2.61. The number of carbonyl (C=O) groups excluding carboxylic acids is 1. The summed E-state index contributed by atoms with van der Waals surface area (Å²) in [6.45, 7) is 2.03. The van der Waals surface area contributed by atoms with E-state index in [0.29, 0.717) is 43.0 Å². The Morgan fingerprint density at radius 2 is 1.81 bits per heavy atom. The Morgan fingerprint density at radius 3 is 2.45 bits per heavy atom. The van der Waals surface area contributed by atoms with Crippen molar-refractivity contribution in [3.05, 3.63) is 53.5 Å². The van der Waals surface area contributed by atoms with Gasteiger partial charge in [-0.2, -0.15) is 0 Å². The van der Waals surface area contributed by atoms with E-state index in [9.17, 15) is 9.90 Å². The minimum Gasteiger partial charge on any atom is -0.493 e. The molecule has 0 aliphatic carbocycles. The largest absolute Gasteiger partial charge is 0.493 e. The smallest absolute Gasteiger partial charge is 0.238 e. The molecule has 0 aromatic heterocycles. The molecule has 1 aliphatic rings. The lowest BCUT2D eigenvalue weighted by Crippen LogP contribution is -2.50. The first-order valence-electron chi connectivity index (χ1n) is 13.1. The molecule has 168 valence electrons. The number of β-amino-alcohol motifs (C(OH)–C–C–N with tert-alkyl or cyclic N) is 1. The van der Waals surface area contributed by atoms with E-state index in [0.717, 1.165) is 0 Å². The Labute approximate surface area is 193 Å². The second-order valence-electron chi connectivity index (χ2n) is 7.40. The van der Waals surface area contributed by atoms with Crippen LogP contribution < -0.4 is 14.8 Å². The van der Waals surface area contributed by atoms with Gasteiger partial charge < -0.3 is 19.9 Å². The van der Waals surface area contributed by atoms with Gasteiger partial charge in [0.1, 0.15) is 12.6 Å². The van der Waals surface area contributed by atoms with Gasteiger partial charge in [-0.1, -0.05) is 30.3 Å². The standard InChI is InChI=1S/C24H33N3O4/c1-18-7-6-8-19(2)24(18)25-23(29)16-27-13-11-26(12-14-27)15-20(28)17-31-22-10-5-4-9-21(22)30-3/h4-10,20,28H,11-17H2,1-3H3,(H,25,29)/i6D,7D,8D,17D2,20D. The maximum Gasteiger partial charge on any atom is 0.238 e. The highest BCUT2D eigenvalue weighted by molar-refractivity contribution is 5.93. The number of anilines is 1. The zero-order valence-electron chi connectivity index (χ0n) is 24.1. The minimum absolute atomic E-state index is 0.0683. The highest BCUT2D eigenvalue weighted by Gasteiger charge is 2.21. The van der Waals surface area contributed by atoms with Crippen LogP contribution in [0.2, 0.25) is 0 Å². The molecule has 0 radical (unpaired) electrons. The van der Waals surface area contributed by atoms with Crippen molar-refractivity contribution < 1.29 is 27.6 Å². The van der Waals surface area contributed by atoms with Crippen molar-refractivity contribution in [1.82, 2.24) is 9.80 Å². The number of methoxy groups -OCH3 is 1. The predicted molar refractivity (Wildman–Crippen MR) is 122 cm³/mol. The van der Waals surface area contributed by atoms with Crippen LogP contribution in [0.25, 0.3) is 0 Å². The summed E-state index contributed by atoms with van der Waals surface area (Å²) in [7, 11) is 1.42. The molecule has 2 aromatic rings. The van der Waals surface area contributed by atoms with E-state index in [-0.39, 0.29) is 48.6 Å². The van der Waals surface area contributed by atoms with Crippen LogP contribution in [0.3, 0.4) is 0 Å². The lowest BCUT2D eigenvalue weighted by molar-refractivity contribution is -0.117. The maximum absolute atomic E-state index is 12.7. The second kappa shape index (κ2) is 11.1. The van der Waals surface area contributed by atoms with Crippen LogP contribution in [0.4, 0.5) is 5.69 Å². The molecule has 7 heteroatoms. The van der Waals surface area contributed by atoms with Crippen molar-refractivity contribution in [1.29, 1.82) is 0 Å². The quantitative estimate of drug-likeness (QED) is 0.632. The van der Waals surface area contributed by atoms with Crippen molar-refractivity contribution in [2.24, 2.45) is 0 Å². The van der Waals surface area contributed by atoms with Crippen LogP contribution in [0.1, 0.15) is 19.4 Å². The number of hydrogen-bond acceptors (Lipinski definition) is 6. The number of aliphatic hydroxyl groups is 1. The molecular formula is C24H33N3O4. The molecule has 1 unspecified atom stereocenters. The van der Waals surface area contributed by atoms with Gasteiger partial charge in [0.05, 0.1) is 21.9 Å². The zero-order chi connectivity index (χ0) is 27.5. The van der Waals surface area contributed by atoms with Crippen molar-refractivity contribution in [2.75, 3.05) is 58.3 Å². The van der Waals surface area contributed by atoms with E-state index in [1.807, 2.05) is 4.90 Å². The fourth-order valence-corrected chi connectivity index (χ4v) is 3.36. The van der Waals surface area contributed by atoms with Gasteiger partial charge in [-0.05, 0) is 37.1 Å². The third-order valence-corrected chi connectivity index (χ3v) is 5.07. The summed E-state index contributed by atoms with van der Waals surface area (Å²) >= 11 is 0. The van der Waals surface area contributed by atoms with E-state index in [2.05, 4.69) is 5.32 Å². The topological polar surface area (TPSA) is 74.3 Å². The van der Waals surface area contributed by atoms with Crippen LogP contribution in [-0.2, 0) is 4.79 Å². The number of benzene rings is 2. The number of nitrogens with zero attached hydrogens (tertiary/aromatic N) is 2. The first kappa shape index (κ1) is 16.1. The van der Waals surface area contributed by atoms with Crippen molar-refractivity contribution >= 4 is 11.6 Å². The monoisotopic (exact) mass is 433 g/mol. The molecule has 1 atom stereocenters. The van der Waals surface area contributed by atoms with E-state index in [1.165, 1.54) is 13.2 Å². The van der Waals surface area contributed by atoms with Gasteiger partial charge in [-0.3, -0.25) is 14.6 Å². The first-order valence-corrected chi connectivity index (χ1v) is 10.1. The number of amides is 1. The van der Waals surface area contributed by atoms with Gasteiger partial charge in [0.15, 0.2) is 11.5 Å². The van der Waals surface area contributed by atoms with Crippen molar-refractivity contribution in [3.8, 4) is 11.5 Å². The molecule has 7 nitrogen and oxygen atoms in total. The summed E-state index contributed by atoms with van der Waals surface area (Å²) < 4.78 is 59.0. The molecule has 1 saturated heterocycles. The van der Waals surface area contributed by atoms with Crippen molar-refractivity contribution in [2.45, 2.75) is 19.9 Å². The predicted octanol–water partition coefficient (Wildman–Crippen LogP) is 2.31. The Bertz CT molecular complexity index is 1110. The van der Waals surface area contributed by atoms with Gasteiger partial charge in [0.2, 0.25) is 5.91 Å². The summed E-state index contributed by atoms with van der Waals surface area (Å²) in [6.07, 6.45) is -2.58. The third-order valence-electron chi connectivity index (χ3n) is 5.07. The fourth-order valence-electron chi connectivity index (χ4n) is 3.36. The summed E-state index contributed by atoms with van der Waals surface area (Å²) in [4.78, 5) is 16.3. The molecule has 1 heterocycles. The number of rotatable bonds is 9. The summed E-state index contributed by atoms with van der Waals surface area (Å²) in [5.41, 5.74) is 1.26. The molecule has 2 N–H and O–H groups in total. The molecule has 1 fully saturated rings.